The Morgan fingerprint density at radius 2 is 1.24 bits per heavy atom. The number of aryl methyl sites for hydroxylation is 1. The van der Waals surface area contributed by atoms with Crippen LogP contribution in [0.5, 0.6) is 0 Å². The van der Waals surface area contributed by atoms with Gasteiger partial charge in [0.05, 0.1) is 0 Å². The zero-order valence-corrected chi connectivity index (χ0v) is 21.3. The van der Waals surface area contributed by atoms with Gasteiger partial charge in [-0.1, -0.05) is 66.7 Å². The smallest absolute Gasteiger partial charge is 0.411 e. The number of benzene rings is 4. The first kappa shape index (κ1) is 26.6. The van der Waals surface area contributed by atoms with Crippen LogP contribution < -0.4 is 0 Å². The maximum absolute atomic E-state index is 14.3. The highest BCUT2D eigenvalue weighted by Gasteiger charge is 2.72. The highest BCUT2D eigenvalue weighted by molar-refractivity contribution is 5.84. The van der Waals surface area contributed by atoms with Gasteiger partial charge in [0.1, 0.15) is 11.0 Å². The molecule has 0 aliphatic rings. The SMILES string of the molecule is Cc1nc2ccc(-c3ccc4oc(Cc5ccc(C(c6ccccc6)(C(F)(F)F)C(F)(F)F)cc5)nc4c3)cc2o1. The Balaban J connectivity index is 1.31. The molecule has 2 heterocycles. The van der Waals surface area contributed by atoms with Gasteiger partial charge in [0.2, 0.25) is 5.41 Å². The van der Waals surface area contributed by atoms with Gasteiger partial charge >= 0.3 is 12.4 Å². The van der Waals surface area contributed by atoms with Gasteiger partial charge in [-0.15, -0.1) is 0 Å². The van der Waals surface area contributed by atoms with Crippen LogP contribution in [-0.4, -0.2) is 22.3 Å². The summed E-state index contributed by atoms with van der Waals surface area (Å²) in [6.07, 6.45) is -11.2. The number of fused-ring (bicyclic) bond motifs is 2. The molecule has 0 spiro atoms. The van der Waals surface area contributed by atoms with Crippen molar-refractivity contribution >= 4 is 22.2 Å². The lowest BCUT2D eigenvalue weighted by atomic mass is 9.72. The summed E-state index contributed by atoms with van der Waals surface area (Å²) >= 11 is 0. The molecule has 0 radical (unpaired) electrons. The topological polar surface area (TPSA) is 52.1 Å². The molecule has 208 valence electrons. The Hall–Kier alpha value is -4.60. The lowest BCUT2D eigenvalue weighted by Crippen LogP contribution is -2.54. The summed E-state index contributed by atoms with van der Waals surface area (Å²) in [7, 11) is 0. The molecule has 0 aliphatic carbocycles. The number of hydrogen-bond donors (Lipinski definition) is 0. The summed E-state index contributed by atoms with van der Waals surface area (Å²) in [5.41, 5.74) is -1.38. The van der Waals surface area contributed by atoms with E-state index in [9.17, 15) is 26.3 Å². The van der Waals surface area contributed by atoms with E-state index in [4.69, 9.17) is 8.83 Å². The van der Waals surface area contributed by atoms with Gasteiger partial charge in [-0.2, -0.15) is 26.3 Å². The van der Waals surface area contributed by atoms with E-state index in [0.29, 0.717) is 28.1 Å². The van der Waals surface area contributed by atoms with Crippen LogP contribution in [0.3, 0.4) is 0 Å². The van der Waals surface area contributed by atoms with Crippen LogP contribution in [-0.2, 0) is 11.8 Å². The Morgan fingerprint density at radius 1 is 0.610 bits per heavy atom. The third-order valence-electron chi connectivity index (χ3n) is 7.06. The molecule has 0 bridgehead atoms. The van der Waals surface area contributed by atoms with Crippen molar-refractivity contribution < 1.29 is 35.2 Å². The van der Waals surface area contributed by atoms with Crippen molar-refractivity contribution in [3.63, 3.8) is 0 Å². The van der Waals surface area contributed by atoms with Crippen molar-refractivity contribution in [2.24, 2.45) is 0 Å². The van der Waals surface area contributed by atoms with Crippen LogP contribution in [0, 0.1) is 6.92 Å². The zero-order valence-electron chi connectivity index (χ0n) is 21.3. The molecule has 0 fully saturated rings. The molecule has 10 heteroatoms. The molecule has 4 aromatic carbocycles. The van der Waals surface area contributed by atoms with E-state index in [2.05, 4.69) is 9.97 Å². The monoisotopic (exact) mass is 566 g/mol. The van der Waals surface area contributed by atoms with Crippen LogP contribution in [0.1, 0.15) is 28.5 Å². The van der Waals surface area contributed by atoms with Crippen LogP contribution in [0.2, 0.25) is 0 Å². The minimum atomic E-state index is -5.64. The van der Waals surface area contributed by atoms with Crippen molar-refractivity contribution in [3.05, 3.63) is 119 Å². The highest BCUT2D eigenvalue weighted by atomic mass is 19.4. The third-order valence-corrected chi connectivity index (χ3v) is 7.06. The number of nitrogens with zero attached hydrogens (tertiary/aromatic N) is 2. The minimum absolute atomic E-state index is 0.0734. The Kier molecular flexibility index (Phi) is 6.17. The minimum Gasteiger partial charge on any atom is -0.441 e. The second kappa shape index (κ2) is 9.50. The normalized spacial score (nSPS) is 12.9. The first-order chi connectivity index (χ1) is 19.5. The molecule has 0 aliphatic heterocycles. The molecule has 0 N–H and O–H groups in total. The van der Waals surface area contributed by atoms with Gasteiger partial charge in [0, 0.05) is 13.3 Å². The first-order valence-corrected chi connectivity index (χ1v) is 12.5. The van der Waals surface area contributed by atoms with Crippen molar-refractivity contribution in [2.75, 3.05) is 0 Å². The van der Waals surface area contributed by atoms with E-state index in [1.165, 1.54) is 18.2 Å². The summed E-state index contributed by atoms with van der Waals surface area (Å²) in [6, 6.07) is 20.6. The molecule has 0 saturated heterocycles. The number of oxazole rings is 2. The Morgan fingerprint density at radius 3 is 1.93 bits per heavy atom. The quantitative estimate of drug-likeness (QED) is 0.196. The summed E-state index contributed by atoms with van der Waals surface area (Å²) in [4.78, 5) is 8.79. The molecule has 6 aromatic rings. The fraction of sp³-hybridized carbons (Fsp3) is 0.161. The third kappa shape index (κ3) is 4.53. The van der Waals surface area contributed by atoms with Crippen molar-refractivity contribution in [3.8, 4) is 11.1 Å². The standard InChI is InChI=1S/C31H20F6N2O2/c1-18-38-24-13-9-21(17-27(24)40-18)20-10-14-26-25(16-20)39-28(41-26)15-19-7-11-23(12-8-19)29(30(32,33)34,31(35,36)37)22-5-3-2-4-6-22/h2-14,16-17H,15H2,1H3. The van der Waals surface area contributed by atoms with Gasteiger partial charge in [-0.25, -0.2) is 9.97 Å². The predicted octanol–water partition coefficient (Wildman–Crippen LogP) is 8.95. The molecular formula is C31H20F6N2O2. The molecule has 0 unspecified atom stereocenters. The molecule has 0 saturated carbocycles. The summed E-state index contributed by atoms with van der Waals surface area (Å²) in [6.45, 7) is 1.77. The van der Waals surface area contributed by atoms with E-state index in [1.807, 2.05) is 30.3 Å². The van der Waals surface area contributed by atoms with Gasteiger partial charge < -0.3 is 8.83 Å². The van der Waals surface area contributed by atoms with Gasteiger partial charge in [0.15, 0.2) is 22.9 Å². The predicted molar refractivity (Wildman–Crippen MR) is 140 cm³/mol. The van der Waals surface area contributed by atoms with Crippen molar-refractivity contribution in [1.82, 2.24) is 9.97 Å². The first-order valence-electron chi connectivity index (χ1n) is 12.5. The lowest BCUT2D eigenvalue weighted by Gasteiger charge is -2.38. The van der Waals surface area contributed by atoms with Crippen LogP contribution >= 0.6 is 0 Å². The average Bonchev–Trinajstić information content (AvgIpc) is 3.49. The van der Waals surface area contributed by atoms with Gasteiger partial charge in [-0.05, 0) is 52.1 Å². The lowest BCUT2D eigenvalue weighted by molar-refractivity contribution is -0.288. The van der Waals surface area contributed by atoms with Crippen molar-refractivity contribution in [2.45, 2.75) is 31.1 Å². The summed E-state index contributed by atoms with van der Waals surface area (Å²) in [5, 5.41) is 0. The summed E-state index contributed by atoms with van der Waals surface area (Å²) < 4.78 is 97.2. The molecular weight excluding hydrogens is 546 g/mol. The van der Waals surface area contributed by atoms with Crippen LogP contribution in [0.25, 0.3) is 33.3 Å². The number of hydrogen-bond acceptors (Lipinski definition) is 4. The molecule has 41 heavy (non-hydrogen) atoms. The zero-order chi connectivity index (χ0) is 29.0. The number of rotatable bonds is 5. The van der Waals surface area contributed by atoms with E-state index in [1.54, 1.807) is 13.0 Å². The number of alkyl halides is 6. The van der Waals surface area contributed by atoms with Gasteiger partial charge in [-0.3, -0.25) is 0 Å². The molecule has 6 rings (SSSR count). The van der Waals surface area contributed by atoms with E-state index < -0.39 is 28.9 Å². The highest BCUT2D eigenvalue weighted by Crippen LogP contribution is 2.56. The molecule has 0 atom stereocenters. The van der Waals surface area contributed by atoms with E-state index in [0.717, 1.165) is 53.0 Å². The molecule has 0 amide bonds. The van der Waals surface area contributed by atoms with Crippen molar-refractivity contribution in [1.29, 1.82) is 0 Å². The largest absolute Gasteiger partial charge is 0.441 e. The van der Waals surface area contributed by atoms with E-state index in [-0.39, 0.29) is 12.3 Å². The number of halogens is 6. The maximum atomic E-state index is 14.3. The Bertz CT molecular complexity index is 1840. The second-order valence-corrected chi connectivity index (χ2v) is 9.69. The Labute approximate surface area is 229 Å². The average molecular weight is 567 g/mol. The summed E-state index contributed by atoms with van der Waals surface area (Å²) in [5.74, 6) is 0.830. The maximum Gasteiger partial charge on any atom is 0.411 e. The molecule has 4 nitrogen and oxygen atoms in total. The second-order valence-electron chi connectivity index (χ2n) is 9.69. The molecule has 2 aromatic heterocycles. The van der Waals surface area contributed by atoms with Crippen LogP contribution in [0.4, 0.5) is 26.3 Å². The number of aromatic nitrogens is 2. The van der Waals surface area contributed by atoms with E-state index >= 15 is 0 Å². The fourth-order valence-corrected chi connectivity index (χ4v) is 5.17. The van der Waals surface area contributed by atoms with Crippen LogP contribution in [0.15, 0.2) is 99.8 Å². The fourth-order valence-electron chi connectivity index (χ4n) is 5.17. The van der Waals surface area contributed by atoms with Gasteiger partial charge in [0.25, 0.3) is 0 Å².